The van der Waals surface area contributed by atoms with Crippen molar-refractivity contribution >= 4 is 17.3 Å². The molecule has 0 saturated carbocycles. The fourth-order valence-electron chi connectivity index (χ4n) is 3.12. The summed E-state index contributed by atoms with van der Waals surface area (Å²) in [6.45, 7) is 7.43. The van der Waals surface area contributed by atoms with Crippen molar-refractivity contribution in [2.45, 2.75) is 51.7 Å². The van der Waals surface area contributed by atoms with Crippen LogP contribution in [0.15, 0.2) is 24.3 Å². The maximum Gasteiger partial charge on any atom is 0.166 e. The van der Waals surface area contributed by atoms with Gasteiger partial charge in [0.15, 0.2) is 5.11 Å². The van der Waals surface area contributed by atoms with Crippen LogP contribution in [0.25, 0.3) is 0 Å². The Hall–Kier alpha value is -1.33. The summed E-state index contributed by atoms with van der Waals surface area (Å²) < 4.78 is 5.16. The zero-order chi connectivity index (χ0) is 16.7. The molecule has 0 unspecified atom stereocenters. The Morgan fingerprint density at radius 1 is 1.30 bits per heavy atom. The van der Waals surface area contributed by atoms with Crippen LogP contribution in [-0.2, 0) is 6.54 Å². The summed E-state index contributed by atoms with van der Waals surface area (Å²) in [5.74, 6) is 0.874. The maximum atomic E-state index is 5.39. The number of hydrogen-bond acceptors (Lipinski definition) is 3. The van der Waals surface area contributed by atoms with Gasteiger partial charge in [0.2, 0.25) is 0 Å². The van der Waals surface area contributed by atoms with Gasteiger partial charge in [0.05, 0.1) is 7.11 Å². The van der Waals surface area contributed by atoms with Crippen LogP contribution < -0.4 is 15.4 Å². The molecular formula is C18H29N3OS. The molecule has 0 radical (unpaired) electrons. The van der Waals surface area contributed by atoms with E-state index in [4.69, 9.17) is 17.0 Å². The number of likely N-dealkylation sites (tertiary alicyclic amines) is 1. The first-order valence-electron chi connectivity index (χ1n) is 8.50. The number of ether oxygens (including phenoxy) is 1. The highest BCUT2D eigenvalue weighted by molar-refractivity contribution is 7.80. The molecule has 1 fully saturated rings. The molecule has 0 amide bonds. The van der Waals surface area contributed by atoms with Crippen LogP contribution in [0.4, 0.5) is 0 Å². The Kier molecular flexibility index (Phi) is 7.12. The third-order valence-corrected chi connectivity index (χ3v) is 4.88. The van der Waals surface area contributed by atoms with Gasteiger partial charge < -0.3 is 15.4 Å². The molecule has 5 heteroatoms. The summed E-state index contributed by atoms with van der Waals surface area (Å²) in [5, 5.41) is 7.33. The van der Waals surface area contributed by atoms with Crippen LogP contribution in [0.2, 0.25) is 0 Å². The van der Waals surface area contributed by atoms with Gasteiger partial charge in [0, 0.05) is 25.2 Å². The number of hydrogen-bond donors (Lipinski definition) is 2. The second-order valence-electron chi connectivity index (χ2n) is 6.34. The van der Waals surface area contributed by atoms with Gasteiger partial charge in [-0.3, -0.25) is 4.90 Å². The Bertz CT molecular complexity index is 492. The van der Waals surface area contributed by atoms with Crippen LogP contribution in [0, 0.1) is 0 Å². The Morgan fingerprint density at radius 3 is 2.70 bits per heavy atom. The van der Waals surface area contributed by atoms with E-state index in [2.05, 4.69) is 29.4 Å². The van der Waals surface area contributed by atoms with Crippen LogP contribution >= 0.6 is 12.2 Å². The van der Waals surface area contributed by atoms with Crippen molar-refractivity contribution in [3.05, 3.63) is 29.8 Å². The monoisotopic (exact) mass is 335 g/mol. The molecule has 23 heavy (non-hydrogen) atoms. The Balaban J connectivity index is 1.69. The Labute approximate surface area is 145 Å². The van der Waals surface area contributed by atoms with E-state index in [1.54, 1.807) is 7.11 Å². The largest absolute Gasteiger partial charge is 0.497 e. The van der Waals surface area contributed by atoms with Crippen LogP contribution in [0.1, 0.15) is 38.7 Å². The minimum absolute atomic E-state index is 0.506. The number of nitrogens with zero attached hydrogens (tertiary/aromatic N) is 1. The van der Waals surface area contributed by atoms with Gasteiger partial charge in [-0.15, -0.1) is 0 Å². The zero-order valence-electron chi connectivity index (χ0n) is 14.5. The predicted octanol–water partition coefficient (Wildman–Crippen LogP) is 2.92. The van der Waals surface area contributed by atoms with Gasteiger partial charge in [-0.1, -0.05) is 18.6 Å². The van der Waals surface area contributed by atoms with Gasteiger partial charge in [-0.2, -0.15) is 0 Å². The standard InChI is InChI=1S/C18H29N3OS/c1-14-6-4-5-11-21(14)15(2)12-19-18(23)20-13-16-7-9-17(22-3)10-8-16/h7-10,14-15H,4-6,11-13H2,1-3H3,(H2,19,20,23)/t14-,15-/m1/s1. The van der Waals surface area contributed by atoms with Crippen molar-refractivity contribution < 1.29 is 4.74 Å². The molecule has 128 valence electrons. The number of piperidine rings is 1. The highest BCUT2D eigenvalue weighted by Gasteiger charge is 2.22. The average Bonchev–Trinajstić information content (AvgIpc) is 2.58. The smallest absolute Gasteiger partial charge is 0.166 e. The van der Waals surface area contributed by atoms with E-state index >= 15 is 0 Å². The van der Waals surface area contributed by atoms with E-state index < -0.39 is 0 Å². The second-order valence-corrected chi connectivity index (χ2v) is 6.75. The predicted molar refractivity (Wildman–Crippen MR) is 99.9 cm³/mol. The number of thiocarbonyl (C=S) groups is 1. The lowest BCUT2D eigenvalue weighted by atomic mass is 10.0. The molecule has 1 saturated heterocycles. The quantitative estimate of drug-likeness (QED) is 0.782. The fraction of sp³-hybridized carbons (Fsp3) is 0.611. The summed E-state index contributed by atoms with van der Waals surface area (Å²) in [7, 11) is 1.68. The number of benzene rings is 1. The topological polar surface area (TPSA) is 36.5 Å². The lowest BCUT2D eigenvalue weighted by Crippen LogP contribution is -2.49. The van der Waals surface area contributed by atoms with E-state index in [9.17, 15) is 0 Å². The zero-order valence-corrected chi connectivity index (χ0v) is 15.3. The van der Waals surface area contributed by atoms with Gasteiger partial charge in [0.1, 0.15) is 5.75 Å². The minimum atomic E-state index is 0.506. The first-order chi connectivity index (χ1) is 11.1. The van der Waals surface area contributed by atoms with Crippen molar-refractivity contribution in [3.8, 4) is 5.75 Å². The van der Waals surface area contributed by atoms with Crippen LogP contribution in [-0.4, -0.2) is 42.3 Å². The molecule has 0 spiro atoms. The van der Waals surface area contributed by atoms with Crippen LogP contribution in [0.3, 0.4) is 0 Å². The SMILES string of the molecule is COc1ccc(CNC(=S)NC[C@@H](C)N2CCCC[C@H]2C)cc1. The molecule has 0 bridgehead atoms. The lowest BCUT2D eigenvalue weighted by Gasteiger charge is -2.38. The molecule has 2 atom stereocenters. The summed E-state index contributed by atoms with van der Waals surface area (Å²) in [6.07, 6.45) is 3.99. The normalized spacial score (nSPS) is 19.9. The van der Waals surface area contributed by atoms with E-state index in [1.807, 2.05) is 24.3 Å². The highest BCUT2D eigenvalue weighted by atomic mass is 32.1. The van der Waals surface area contributed by atoms with Gasteiger partial charge in [-0.05, 0) is 63.1 Å². The minimum Gasteiger partial charge on any atom is -0.497 e. The number of nitrogens with one attached hydrogen (secondary N) is 2. The van der Waals surface area contributed by atoms with Crippen molar-refractivity contribution in [1.29, 1.82) is 0 Å². The fourth-order valence-corrected chi connectivity index (χ4v) is 3.28. The third-order valence-electron chi connectivity index (χ3n) is 4.59. The van der Waals surface area contributed by atoms with Crippen molar-refractivity contribution in [2.75, 3.05) is 20.2 Å². The van der Waals surface area contributed by atoms with E-state index in [1.165, 1.54) is 31.4 Å². The molecule has 0 aromatic heterocycles. The van der Waals surface area contributed by atoms with Crippen molar-refractivity contribution in [2.24, 2.45) is 0 Å². The number of methoxy groups -OCH3 is 1. The van der Waals surface area contributed by atoms with Gasteiger partial charge >= 0.3 is 0 Å². The molecule has 4 nitrogen and oxygen atoms in total. The van der Waals surface area contributed by atoms with E-state index in [0.29, 0.717) is 12.1 Å². The molecule has 1 heterocycles. The second kappa shape index (κ2) is 9.08. The molecule has 0 aliphatic carbocycles. The van der Waals surface area contributed by atoms with E-state index in [-0.39, 0.29) is 0 Å². The van der Waals surface area contributed by atoms with Crippen molar-refractivity contribution in [1.82, 2.24) is 15.5 Å². The molecular weight excluding hydrogens is 306 g/mol. The molecule has 2 rings (SSSR count). The first kappa shape index (κ1) is 18.0. The molecule has 1 aromatic carbocycles. The lowest BCUT2D eigenvalue weighted by molar-refractivity contribution is 0.116. The number of rotatable bonds is 6. The van der Waals surface area contributed by atoms with Crippen molar-refractivity contribution in [3.63, 3.8) is 0 Å². The first-order valence-corrected chi connectivity index (χ1v) is 8.91. The highest BCUT2D eigenvalue weighted by Crippen LogP contribution is 2.18. The maximum absolute atomic E-state index is 5.39. The van der Waals surface area contributed by atoms with Gasteiger partial charge in [-0.25, -0.2) is 0 Å². The summed E-state index contributed by atoms with van der Waals surface area (Å²) in [5.41, 5.74) is 1.19. The summed E-state index contributed by atoms with van der Waals surface area (Å²) in [6, 6.07) is 9.21. The summed E-state index contributed by atoms with van der Waals surface area (Å²) in [4.78, 5) is 2.59. The Morgan fingerprint density at radius 2 is 2.04 bits per heavy atom. The van der Waals surface area contributed by atoms with Gasteiger partial charge in [0.25, 0.3) is 0 Å². The molecule has 1 aliphatic rings. The molecule has 2 N–H and O–H groups in total. The third kappa shape index (κ3) is 5.66. The van der Waals surface area contributed by atoms with Crippen LogP contribution in [0.5, 0.6) is 5.75 Å². The average molecular weight is 336 g/mol. The molecule has 1 aromatic rings. The van der Waals surface area contributed by atoms with E-state index in [0.717, 1.165) is 24.0 Å². The summed E-state index contributed by atoms with van der Waals surface area (Å²) >= 11 is 5.39. The molecule has 1 aliphatic heterocycles.